The van der Waals surface area contributed by atoms with E-state index < -0.39 is 6.04 Å². The summed E-state index contributed by atoms with van der Waals surface area (Å²) >= 11 is 0. The molecule has 1 unspecified atom stereocenters. The minimum atomic E-state index is -0.406. The molecule has 2 heterocycles. The lowest BCUT2D eigenvalue weighted by Gasteiger charge is -2.30. The number of phenols is 1. The van der Waals surface area contributed by atoms with Crippen LogP contribution in [-0.4, -0.2) is 28.2 Å². The number of benzene rings is 1. The van der Waals surface area contributed by atoms with E-state index in [9.17, 15) is 14.7 Å². The molecule has 3 rings (SSSR count). The van der Waals surface area contributed by atoms with Crippen LogP contribution in [0.25, 0.3) is 0 Å². The van der Waals surface area contributed by atoms with Crippen LogP contribution in [0.15, 0.2) is 18.2 Å². The number of carbonyl (C=O) groups excluding carboxylic acids is 2. The summed E-state index contributed by atoms with van der Waals surface area (Å²) in [5, 5.41) is 9.38. The van der Waals surface area contributed by atoms with Gasteiger partial charge in [-0.3, -0.25) is 9.59 Å². The molecule has 2 aliphatic heterocycles. The van der Waals surface area contributed by atoms with Gasteiger partial charge in [-0.25, -0.2) is 0 Å². The third-order valence-electron chi connectivity index (χ3n) is 3.31. The first-order valence-corrected chi connectivity index (χ1v) is 5.31. The summed E-state index contributed by atoms with van der Waals surface area (Å²) < 4.78 is 0. The van der Waals surface area contributed by atoms with Crippen LogP contribution in [-0.2, 0) is 16.0 Å². The molecule has 0 aliphatic carbocycles. The van der Waals surface area contributed by atoms with Crippen LogP contribution >= 0.6 is 0 Å². The monoisotopic (exact) mass is 217 g/mol. The molecule has 1 aromatic carbocycles. The fraction of sp³-hybridized carbons (Fsp3) is 0.333. The largest absolute Gasteiger partial charge is 0.508 e. The van der Waals surface area contributed by atoms with Crippen molar-refractivity contribution in [1.29, 1.82) is 0 Å². The van der Waals surface area contributed by atoms with Gasteiger partial charge < -0.3 is 10.0 Å². The maximum atomic E-state index is 11.7. The average Bonchev–Trinajstić information content (AvgIpc) is 2.54. The average molecular weight is 217 g/mol. The summed E-state index contributed by atoms with van der Waals surface area (Å²) in [5.41, 5.74) is 1.85. The van der Waals surface area contributed by atoms with E-state index in [1.165, 1.54) is 0 Å². The van der Waals surface area contributed by atoms with Crippen molar-refractivity contribution in [3.63, 3.8) is 0 Å². The molecule has 1 amide bonds. The first-order valence-electron chi connectivity index (χ1n) is 5.31. The molecule has 0 spiro atoms. The van der Waals surface area contributed by atoms with Crippen molar-refractivity contribution in [1.82, 2.24) is 4.90 Å². The Morgan fingerprint density at radius 3 is 2.94 bits per heavy atom. The second kappa shape index (κ2) is 3.07. The number of carbonyl (C=O) groups is 2. The van der Waals surface area contributed by atoms with Gasteiger partial charge in [0.1, 0.15) is 11.8 Å². The Labute approximate surface area is 92.5 Å². The molecule has 0 aromatic heterocycles. The maximum Gasteiger partial charge on any atom is 0.231 e. The zero-order chi connectivity index (χ0) is 11.3. The van der Waals surface area contributed by atoms with Gasteiger partial charge in [0, 0.05) is 6.54 Å². The Balaban J connectivity index is 2.12. The molecular weight excluding hydrogens is 206 g/mol. The highest BCUT2D eigenvalue weighted by Crippen LogP contribution is 2.37. The fourth-order valence-electron chi connectivity index (χ4n) is 2.58. The number of aromatic hydroxyl groups is 1. The van der Waals surface area contributed by atoms with E-state index in [-0.39, 0.29) is 23.9 Å². The highest BCUT2D eigenvalue weighted by Gasteiger charge is 2.42. The third kappa shape index (κ3) is 1.16. The van der Waals surface area contributed by atoms with Crippen molar-refractivity contribution >= 4 is 11.7 Å². The number of hydrogen-bond donors (Lipinski definition) is 1. The number of hydrogen-bond acceptors (Lipinski definition) is 3. The molecule has 1 aromatic rings. The molecule has 0 saturated carbocycles. The SMILES string of the molecule is O=C1CC(=O)N2CCc3cc(O)ccc3C12. The Morgan fingerprint density at radius 1 is 1.31 bits per heavy atom. The topological polar surface area (TPSA) is 57.6 Å². The molecule has 82 valence electrons. The summed E-state index contributed by atoms with van der Waals surface area (Å²) in [6.07, 6.45) is 0.726. The lowest BCUT2D eigenvalue weighted by atomic mass is 9.92. The van der Waals surface area contributed by atoms with Crippen molar-refractivity contribution in [3.05, 3.63) is 29.3 Å². The van der Waals surface area contributed by atoms with Gasteiger partial charge in [-0.05, 0) is 29.7 Å². The van der Waals surface area contributed by atoms with Gasteiger partial charge in [0.15, 0.2) is 5.78 Å². The van der Waals surface area contributed by atoms with E-state index in [1.54, 1.807) is 23.1 Å². The molecular formula is C12H11NO3. The van der Waals surface area contributed by atoms with E-state index in [0.717, 1.165) is 11.1 Å². The van der Waals surface area contributed by atoms with Crippen molar-refractivity contribution in [2.24, 2.45) is 0 Å². The lowest BCUT2D eigenvalue weighted by Crippen LogP contribution is -2.35. The van der Waals surface area contributed by atoms with E-state index in [4.69, 9.17) is 0 Å². The van der Waals surface area contributed by atoms with Crippen LogP contribution in [0.4, 0.5) is 0 Å². The summed E-state index contributed by atoms with van der Waals surface area (Å²) in [4.78, 5) is 24.9. The number of rotatable bonds is 0. The number of Topliss-reactive ketones (excluding diaryl/α,β-unsaturated/α-hetero) is 1. The van der Waals surface area contributed by atoms with Crippen molar-refractivity contribution in [2.75, 3.05) is 6.54 Å². The van der Waals surface area contributed by atoms with E-state index in [2.05, 4.69) is 0 Å². The quantitative estimate of drug-likeness (QED) is 0.654. The number of ketones is 1. The van der Waals surface area contributed by atoms with Crippen molar-refractivity contribution in [3.8, 4) is 5.75 Å². The van der Waals surface area contributed by atoms with Crippen LogP contribution in [0.5, 0.6) is 5.75 Å². The molecule has 1 saturated heterocycles. The molecule has 4 heteroatoms. The van der Waals surface area contributed by atoms with Crippen molar-refractivity contribution < 1.29 is 14.7 Å². The van der Waals surface area contributed by atoms with Gasteiger partial charge in [-0.1, -0.05) is 6.07 Å². The highest BCUT2D eigenvalue weighted by molar-refractivity contribution is 6.08. The molecule has 16 heavy (non-hydrogen) atoms. The number of nitrogens with zero attached hydrogens (tertiary/aromatic N) is 1. The van der Waals surface area contributed by atoms with E-state index >= 15 is 0 Å². The van der Waals surface area contributed by atoms with Gasteiger partial charge in [-0.15, -0.1) is 0 Å². The molecule has 2 aliphatic rings. The molecule has 4 nitrogen and oxygen atoms in total. The van der Waals surface area contributed by atoms with Crippen LogP contribution in [0.2, 0.25) is 0 Å². The first kappa shape index (κ1) is 9.39. The van der Waals surface area contributed by atoms with E-state index in [1.807, 2.05) is 0 Å². The van der Waals surface area contributed by atoms with E-state index in [0.29, 0.717) is 13.0 Å². The fourth-order valence-corrected chi connectivity index (χ4v) is 2.58. The number of amides is 1. The first-order chi connectivity index (χ1) is 7.66. The van der Waals surface area contributed by atoms with Gasteiger partial charge in [0.05, 0.1) is 6.42 Å². The predicted molar refractivity (Wildman–Crippen MR) is 55.9 cm³/mol. The smallest absolute Gasteiger partial charge is 0.231 e. The van der Waals surface area contributed by atoms with Gasteiger partial charge in [-0.2, -0.15) is 0 Å². The maximum absolute atomic E-state index is 11.7. The molecule has 1 atom stereocenters. The lowest BCUT2D eigenvalue weighted by molar-refractivity contribution is -0.129. The highest BCUT2D eigenvalue weighted by atomic mass is 16.3. The molecule has 1 fully saturated rings. The van der Waals surface area contributed by atoms with Crippen LogP contribution < -0.4 is 0 Å². The summed E-state index contributed by atoms with van der Waals surface area (Å²) in [6, 6.07) is 4.59. The normalized spacial score (nSPS) is 23.2. The molecule has 0 radical (unpaired) electrons. The second-order valence-electron chi connectivity index (χ2n) is 4.27. The predicted octanol–water partition coefficient (Wildman–Crippen LogP) is 0.791. The Hall–Kier alpha value is -1.84. The zero-order valence-electron chi connectivity index (χ0n) is 8.64. The summed E-state index contributed by atoms with van der Waals surface area (Å²) in [7, 11) is 0. The van der Waals surface area contributed by atoms with Gasteiger partial charge >= 0.3 is 0 Å². The van der Waals surface area contributed by atoms with Crippen molar-refractivity contribution in [2.45, 2.75) is 18.9 Å². The van der Waals surface area contributed by atoms with Crippen LogP contribution in [0.3, 0.4) is 0 Å². The minimum Gasteiger partial charge on any atom is -0.508 e. The standard InChI is InChI=1S/C12H11NO3/c14-8-1-2-9-7(5-8)3-4-13-11(16)6-10(15)12(9)13/h1-2,5,12,14H,3-4,6H2. The minimum absolute atomic E-state index is 0.0188. The third-order valence-corrected chi connectivity index (χ3v) is 3.31. The summed E-state index contributed by atoms with van der Waals surface area (Å²) in [6.45, 7) is 0.575. The Kier molecular flexibility index (Phi) is 1.80. The zero-order valence-corrected chi connectivity index (χ0v) is 8.64. The number of phenolic OH excluding ortho intramolecular Hbond substituents is 1. The second-order valence-corrected chi connectivity index (χ2v) is 4.27. The number of fused-ring (bicyclic) bond motifs is 3. The van der Waals surface area contributed by atoms with Gasteiger partial charge in [0.2, 0.25) is 5.91 Å². The van der Waals surface area contributed by atoms with Gasteiger partial charge in [0.25, 0.3) is 0 Å². The summed E-state index contributed by atoms with van der Waals surface area (Å²) in [5.74, 6) is 0.106. The van der Waals surface area contributed by atoms with Crippen LogP contribution in [0, 0.1) is 0 Å². The molecule has 1 N–H and O–H groups in total. The molecule has 0 bridgehead atoms. The Morgan fingerprint density at radius 2 is 2.12 bits per heavy atom. The Bertz CT molecular complexity index is 495. The van der Waals surface area contributed by atoms with Crippen LogP contribution in [0.1, 0.15) is 23.6 Å².